The third-order valence-corrected chi connectivity index (χ3v) is 2.94. The zero-order valence-corrected chi connectivity index (χ0v) is 12.0. The summed E-state index contributed by atoms with van der Waals surface area (Å²) in [5.41, 5.74) is 5.51. The zero-order chi connectivity index (χ0) is 14.3. The van der Waals surface area contributed by atoms with E-state index in [1.807, 2.05) is 37.3 Å². The number of nitrogens with two attached hydrogens (primary N) is 1. The van der Waals surface area contributed by atoms with Crippen molar-refractivity contribution in [3.63, 3.8) is 0 Å². The number of benzene rings is 1. The van der Waals surface area contributed by atoms with E-state index in [0.29, 0.717) is 19.1 Å². The van der Waals surface area contributed by atoms with Crippen LogP contribution in [-0.4, -0.2) is 25.7 Å². The molecule has 0 aliphatic rings. The van der Waals surface area contributed by atoms with Gasteiger partial charge in [0.1, 0.15) is 5.54 Å². The number of primary amides is 1. The summed E-state index contributed by atoms with van der Waals surface area (Å²) in [6.07, 6.45) is 0. The van der Waals surface area contributed by atoms with E-state index in [0.717, 1.165) is 5.56 Å². The Bertz CT molecular complexity index is 392. The molecule has 3 N–H and O–H groups in total. The van der Waals surface area contributed by atoms with Crippen LogP contribution in [-0.2, 0) is 15.1 Å². The lowest BCUT2D eigenvalue weighted by Crippen LogP contribution is -2.56. The van der Waals surface area contributed by atoms with E-state index in [1.54, 1.807) is 0 Å². The topological polar surface area (TPSA) is 64.3 Å². The molecule has 0 aromatic heterocycles. The molecule has 106 valence electrons. The minimum Gasteiger partial charge on any atom is -0.378 e. The van der Waals surface area contributed by atoms with Gasteiger partial charge in [-0.15, -0.1) is 0 Å². The number of amides is 1. The molecule has 1 aromatic rings. The van der Waals surface area contributed by atoms with Gasteiger partial charge >= 0.3 is 0 Å². The Balaban J connectivity index is 2.97. The van der Waals surface area contributed by atoms with Crippen molar-refractivity contribution in [3.8, 4) is 0 Å². The fourth-order valence-corrected chi connectivity index (χ4v) is 2.01. The van der Waals surface area contributed by atoms with Crippen molar-refractivity contribution in [1.29, 1.82) is 0 Å². The van der Waals surface area contributed by atoms with Gasteiger partial charge in [-0.05, 0) is 18.0 Å². The van der Waals surface area contributed by atoms with Crippen molar-refractivity contribution in [1.82, 2.24) is 5.32 Å². The molecule has 0 saturated carbocycles. The lowest BCUT2D eigenvalue weighted by atomic mass is 9.89. The van der Waals surface area contributed by atoms with E-state index in [4.69, 9.17) is 10.5 Å². The van der Waals surface area contributed by atoms with Gasteiger partial charge in [-0.2, -0.15) is 0 Å². The van der Waals surface area contributed by atoms with E-state index >= 15 is 0 Å². The molecule has 0 spiro atoms. The summed E-state index contributed by atoms with van der Waals surface area (Å²) >= 11 is 0. The van der Waals surface area contributed by atoms with Gasteiger partial charge in [-0.3, -0.25) is 10.1 Å². The van der Waals surface area contributed by atoms with Crippen LogP contribution in [0.4, 0.5) is 0 Å². The van der Waals surface area contributed by atoms with Gasteiger partial charge < -0.3 is 10.5 Å². The minimum absolute atomic E-state index is 0.248. The Morgan fingerprint density at radius 1 is 1.37 bits per heavy atom. The van der Waals surface area contributed by atoms with Gasteiger partial charge in [0.05, 0.1) is 6.61 Å². The lowest BCUT2D eigenvalue weighted by molar-refractivity contribution is -0.127. The molecule has 1 unspecified atom stereocenters. The third kappa shape index (κ3) is 4.04. The van der Waals surface area contributed by atoms with E-state index in [-0.39, 0.29) is 6.61 Å². The second-order valence-electron chi connectivity index (χ2n) is 5.07. The van der Waals surface area contributed by atoms with Crippen molar-refractivity contribution in [2.24, 2.45) is 11.7 Å². The van der Waals surface area contributed by atoms with E-state index in [9.17, 15) is 4.79 Å². The minimum atomic E-state index is -0.953. The number of carbonyl (C=O) groups is 1. The lowest BCUT2D eigenvalue weighted by Gasteiger charge is -2.32. The Labute approximate surface area is 115 Å². The largest absolute Gasteiger partial charge is 0.378 e. The van der Waals surface area contributed by atoms with Crippen LogP contribution in [0.2, 0.25) is 0 Å². The fraction of sp³-hybridized carbons (Fsp3) is 0.533. The molecule has 19 heavy (non-hydrogen) atoms. The van der Waals surface area contributed by atoms with Crippen molar-refractivity contribution in [3.05, 3.63) is 35.9 Å². The van der Waals surface area contributed by atoms with Crippen LogP contribution in [0, 0.1) is 5.92 Å². The normalized spacial score (nSPS) is 14.3. The monoisotopic (exact) mass is 264 g/mol. The number of ether oxygens (including phenoxy) is 1. The highest BCUT2D eigenvalue weighted by Crippen LogP contribution is 2.21. The quantitative estimate of drug-likeness (QED) is 0.750. The Morgan fingerprint density at radius 3 is 2.47 bits per heavy atom. The van der Waals surface area contributed by atoms with E-state index < -0.39 is 11.4 Å². The standard InChI is InChI=1S/C15H24N2O2/c1-4-17-15(14(16)18,11-19-10-12(2)3)13-8-6-5-7-9-13/h5-9,12,17H,4,10-11H2,1-3H3,(H2,16,18). The van der Waals surface area contributed by atoms with E-state index in [1.165, 1.54) is 0 Å². The van der Waals surface area contributed by atoms with Gasteiger partial charge in [0.15, 0.2) is 0 Å². The molecular formula is C15H24N2O2. The van der Waals surface area contributed by atoms with Crippen LogP contribution >= 0.6 is 0 Å². The van der Waals surface area contributed by atoms with Crippen LogP contribution in [0.3, 0.4) is 0 Å². The Kier molecular flexibility index (Phi) is 5.99. The molecule has 1 aromatic carbocycles. The highest BCUT2D eigenvalue weighted by Gasteiger charge is 2.38. The highest BCUT2D eigenvalue weighted by molar-refractivity contribution is 5.86. The molecule has 0 heterocycles. The summed E-state index contributed by atoms with van der Waals surface area (Å²) in [5.74, 6) is 0.00674. The first-order valence-electron chi connectivity index (χ1n) is 6.71. The molecule has 0 bridgehead atoms. The van der Waals surface area contributed by atoms with Crippen LogP contribution in [0.5, 0.6) is 0 Å². The zero-order valence-electron chi connectivity index (χ0n) is 12.0. The van der Waals surface area contributed by atoms with Gasteiger partial charge in [-0.25, -0.2) is 0 Å². The second kappa shape index (κ2) is 7.26. The summed E-state index contributed by atoms with van der Waals surface area (Å²) in [7, 11) is 0. The summed E-state index contributed by atoms with van der Waals surface area (Å²) in [6, 6.07) is 9.49. The van der Waals surface area contributed by atoms with Crippen LogP contribution in [0.15, 0.2) is 30.3 Å². The summed E-state index contributed by atoms with van der Waals surface area (Å²) in [5, 5.41) is 3.19. The molecule has 4 heteroatoms. The summed E-state index contributed by atoms with van der Waals surface area (Å²) in [6.45, 7) is 7.58. The predicted molar refractivity (Wildman–Crippen MR) is 76.6 cm³/mol. The smallest absolute Gasteiger partial charge is 0.244 e. The summed E-state index contributed by atoms with van der Waals surface area (Å²) < 4.78 is 5.67. The second-order valence-corrected chi connectivity index (χ2v) is 5.07. The van der Waals surface area contributed by atoms with Gasteiger partial charge in [0.2, 0.25) is 5.91 Å². The number of nitrogens with one attached hydrogen (secondary N) is 1. The maximum absolute atomic E-state index is 12.0. The average Bonchev–Trinajstić information content (AvgIpc) is 2.38. The molecule has 0 aliphatic heterocycles. The predicted octanol–water partition coefficient (Wildman–Crippen LogP) is 1.65. The number of rotatable bonds is 8. The number of carbonyl (C=O) groups excluding carboxylic acids is 1. The summed E-state index contributed by atoms with van der Waals surface area (Å²) in [4.78, 5) is 12.0. The molecule has 4 nitrogen and oxygen atoms in total. The number of hydrogen-bond donors (Lipinski definition) is 2. The van der Waals surface area contributed by atoms with Crippen molar-refractivity contribution < 1.29 is 9.53 Å². The van der Waals surface area contributed by atoms with Gasteiger partial charge in [0.25, 0.3) is 0 Å². The SMILES string of the molecule is CCNC(COCC(C)C)(C(N)=O)c1ccccc1. The van der Waals surface area contributed by atoms with Crippen molar-refractivity contribution >= 4 is 5.91 Å². The van der Waals surface area contributed by atoms with Crippen molar-refractivity contribution in [2.75, 3.05) is 19.8 Å². The van der Waals surface area contributed by atoms with Gasteiger partial charge in [0, 0.05) is 6.61 Å². The molecule has 0 radical (unpaired) electrons. The number of hydrogen-bond acceptors (Lipinski definition) is 3. The molecule has 1 atom stereocenters. The number of likely N-dealkylation sites (N-methyl/N-ethyl adjacent to an activating group) is 1. The van der Waals surface area contributed by atoms with E-state index in [2.05, 4.69) is 19.2 Å². The van der Waals surface area contributed by atoms with Crippen LogP contribution < -0.4 is 11.1 Å². The first kappa shape index (κ1) is 15.7. The molecule has 1 rings (SSSR count). The Morgan fingerprint density at radius 2 is 2.00 bits per heavy atom. The first-order chi connectivity index (χ1) is 9.03. The molecule has 0 saturated heterocycles. The first-order valence-corrected chi connectivity index (χ1v) is 6.71. The van der Waals surface area contributed by atoms with Crippen LogP contribution in [0.25, 0.3) is 0 Å². The fourth-order valence-electron chi connectivity index (χ4n) is 2.01. The highest BCUT2D eigenvalue weighted by atomic mass is 16.5. The molecule has 0 aliphatic carbocycles. The maximum Gasteiger partial charge on any atom is 0.244 e. The third-order valence-electron chi connectivity index (χ3n) is 2.94. The molecule has 1 amide bonds. The average molecular weight is 264 g/mol. The Hall–Kier alpha value is -1.39. The van der Waals surface area contributed by atoms with Gasteiger partial charge in [-0.1, -0.05) is 51.1 Å². The molecular weight excluding hydrogens is 240 g/mol. The van der Waals surface area contributed by atoms with Crippen molar-refractivity contribution in [2.45, 2.75) is 26.3 Å². The maximum atomic E-state index is 12.0. The molecule has 0 fully saturated rings. The van der Waals surface area contributed by atoms with Crippen LogP contribution in [0.1, 0.15) is 26.3 Å².